The number of aliphatic hydroxyl groups is 1. The van der Waals surface area contributed by atoms with Crippen LogP contribution in [0.25, 0.3) is 76.3 Å². The molecular weight excluding hydrogens is 2340 g/mol. The van der Waals surface area contributed by atoms with E-state index in [0.717, 1.165) is 72.9 Å². The number of fused-ring (bicyclic) bond motifs is 3. The first-order valence-corrected chi connectivity index (χ1v) is 34.0. The van der Waals surface area contributed by atoms with E-state index in [9.17, 15) is 22.8 Å². The van der Waals surface area contributed by atoms with Crippen LogP contribution in [0.15, 0.2) is 316 Å². The Morgan fingerprint density at radius 3 is 1.81 bits per heavy atom. The molecule has 8 heterocycles. The topological polar surface area (TPSA) is 166 Å². The first-order valence-electron chi connectivity index (χ1n) is 35.7. The molecule has 2 aliphatic heterocycles. The minimum atomic E-state index is -0.990. The Morgan fingerprint density at radius 1 is 0.584 bits per heavy atom. The van der Waals surface area contributed by atoms with Gasteiger partial charge in [-0.1, -0.05) is 143 Å². The number of hydrogen-bond donors (Lipinski definition) is 2. The molecule has 0 aliphatic carbocycles. The summed E-state index contributed by atoms with van der Waals surface area (Å²) in [5.74, 6) is -2.60. The fourth-order valence-corrected chi connectivity index (χ4v) is 11.2. The molecule has 15 aromatic rings. The van der Waals surface area contributed by atoms with Crippen LogP contribution in [0.3, 0.4) is 0 Å². The van der Waals surface area contributed by atoms with Crippen molar-refractivity contribution in [2.24, 2.45) is 0 Å². The van der Waals surface area contributed by atoms with Crippen molar-refractivity contribution in [3.8, 4) is 55.5 Å². The SMILES string of the molecule is CC(=O)C=C(C)O.CN1C=CN(c2[c-]cc(F)cc2)[CH-]1.CN1[CH-]N(c2[c-]cccc2)c2ccccc21.Fc1c[c-]c(-c2ccccn2)c(F)c1.O=C(O)c1ccccn1.[2H]c1c([2H])c([2H])c(-c2cnc(-c3[c-]ccc4ccccc34)cc2C)c([2H])c1[2H].[Ir+3].[Ir].[Ir].[Ir].[Ir].[c-]1ccccc1-c1[c-]c2ccccc2s1.c1ccc(-c2ccn[n-]2)nc1. The Bertz CT molecular complexity index is 5650. The fourth-order valence-electron chi connectivity index (χ4n) is 10.2. The summed E-state index contributed by atoms with van der Waals surface area (Å²) in [7, 11) is 3.99. The largest absolute Gasteiger partial charge is 3.00 e. The van der Waals surface area contributed by atoms with E-state index < -0.39 is 23.6 Å². The molecule has 0 bridgehead atoms. The summed E-state index contributed by atoms with van der Waals surface area (Å²) < 4.78 is 79.6. The van der Waals surface area contributed by atoms with Crippen LogP contribution < -0.4 is 19.8 Å². The molecule has 14 nitrogen and oxygen atoms in total. The molecule has 0 saturated heterocycles. The molecule has 0 fully saturated rings. The molecule has 17 rings (SSSR count). The standard InChI is InChI=1S/C22H16N.C14H12N2.C14H8S.C11H6F2N.C10H9FN2.C8H6N3.C6H5NO2.C5H8O2.5Ir/c1-16-14-22(23-15-21(16)18-8-3-2-4-9-18)20-13-7-11-17-10-5-6-12-19(17)20;1-15-11-16(12-7-3-2-4-8-12)14-10-6-5-9-13(14)15;1-2-6-11(7-3-1)14-10-12-8-4-5-9-13(12)15-14;12-8-4-5-9(10(13)7-8)11-3-1-2-6-14-11;1-12-6-7-13(8-12)10-4-2-9(11)3-5-10;1-2-5-9-7(3-1)8-4-6-10-11-8;8-6(9)5-3-1-2-4-7-5;1-4(6)3-5(2)7;;;;;/h2-12,14-15H,1H3;2-7,9-11H,1H3;1-6,8-9H;1-4,6-7H;2-4,6-8H,1H3;1-6H;1-4H,(H,8,9);3,6H,1-2H3;;;;;/q-1;2*-2;-1;-2;-1;;;;;;;+3/i2D,3D,4D,8D,9D;;;;;;;;;;;;. The van der Waals surface area contributed by atoms with Crippen LogP contribution in [0.5, 0.6) is 0 Å². The molecule has 23 heteroatoms. The number of carboxylic acids is 1. The molecule has 6 aromatic heterocycles. The second kappa shape index (κ2) is 48.6. The average Bonchev–Trinajstić information content (AvgIpc) is 1.07. The number of para-hydroxylation sites is 3. The number of carbonyl (C=O) groups is 2. The number of rotatable bonds is 9. The zero-order chi connectivity index (χ0) is 80.3. The number of aryl methyl sites for hydroxylation is 1. The zero-order valence-electron chi connectivity index (χ0n) is 65.6. The fraction of sp³-hybridized carbons (Fsp3) is 0.0556. The van der Waals surface area contributed by atoms with Gasteiger partial charge in [0, 0.05) is 158 Å². The van der Waals surface area contributed by atoms with Gasteiger partial charge < -0.3 is 50.0 Å². The van der Waals surface area contributed by atoms with Gasteiger partial charge in [-0.3, -0.25) is 34.3 Å². The van der Waals surface area contributed by atoms with Gasteiger partial charge in [0.1, 0.15) is 5.69 Å². The maximum absolute atomic E-state index is 13.2. The molecule has 113 heavy (non-hydrogen) atoms. The van der Waals surface area contributed by atoms with E-state index in [4.69, 9.17) is 17.1 Å². The summed E-state index contributed by atoms with van der Waals surface area (Å²) in [6.45, 7) is 8.67. The Hall–Kier alpha value is -10.3. The number of halogens is 3. The molecule has 582 valence electrons. The van der Waals surface area contributed by atoms with Crippen LogP contribution in [-0.4, -0.2) is 66.0 Å². The molecule has 2 aliphatic rings. The second-order valence-corrected chi connectivity index (χ2v) is 24.2. The first-order chi connectivity index (χ1) is 54.6. The number of aliphatic hydroxyl groups excluding tert-OH is 1. The third-order valence-corrected chi connectivity index (χ3v) is 16.3. The molecule has 2 N–H and O–H groups in total. The van der Waals surface area contributed by atoms with Crippen molar-refractivity contribution in [2.75, 3.05) is 28.8 Å². The Morgan fingerprint density at radius 2 is 1.24 bits per heavy atom. The molecule has 4 radical (unpaired) electrons. The number of nitrogens with zero attached hydrogens (tertiary/aromatic N) is 10. The minimum absolute atomic E-state index is 0. The van der Waals surface area contributed by atoms with E-state index >= 15 is 0 Å². The van der Waals surface area contributed by atoms with Crippen LogP contribution in [0.1, 0.15) is 36.8 Å². The van der Waals surface area contributed by atoms with Gasteiger partial charge in [0.15, 0.2) is 5.78 Å². The van der Waals surface area contributed by atoms with Crippen LogP contribution in [0.2, 0.25) is 0 Å². The van der Waals surface area contributed by atoms with E-state index in [0.29, 0.717) is 11.3 Å². The molecular formula is C90H70F3Ir5N10O4S-6. The third-order valence-electron chi connectivity index (χ3n) is 15.2. The predicted molar refractivity (Wildman–Crippen MR) is 424 cm³/mol. The van der Waals surface area contributed by atoms with E-state index in [1.54, 1.807) is 72.5 Å². The van der Waals surface area contributed by atoms with Crippen LogP contribution >= 0.6 is 11.3 Å². The van der Waals surface area contributed by atoms with Gasteiger partial charge in [-0.2, -0.15) is 80.1 Å². The number of aromatic carboxylic acids is 1. The van der Waals surface area contributed by atoms with Crippen LogP contribution in [0, 0.1) is 74.1 Å². The second-order valence-electron chi connectivity index (χ2n) is 23.2. The smallest absolute Gasteiger partial charge is 0.574 e. The average molecular weight is 2410 g/mol. The maximum Gasteiger partial charge on any atom is 3.00 e. The van der Waals surface area contributed by atoms with E-state index in [1.165, 1.54) is 65.8 Å². The van der Waals surface area contributed by atoms with Crippen molar-refractivity contribution in [2.45, 2.75) is 20.8 Å². The summed E-state index contributed by atoms with van der Waals surface area (Å²) in [5.41, 5.74) is 10.9. The number of hydrogen-bond acceptors (Lipinski definition) is 13. The molecule has 9 aromatic carbocycles. The number of carbonyl (C=O) groups excluding carboxylic acids is 1. The van der Waals surface area contributed by atoms with Crippen molar-refractivity contribution < 1.29 is 140 Å². The summed E-state index contributed by atoms with van der Waals surface area (Å²) in [6.07, 6.45) is 12.9. The Balaban J connectivity index is 0.000000247. The number of thiophene rings is 1. The number of benzene rings is 9. The monoisotopic (exact) mass is 2410 g/mol. The minimum Gasteiger partial charge on any atom is -0.574 e. The summed E-state index contributed by atoms with van der Waals surface area (Å²) >= 11 is 1.76. The first kappa shape index (κ1) is 85.1. The molecule has 0 amide bonds. The van der Waals surface area contributed by atoms with Gasteiger partial charge in [-0.05, 0) is 112 Å². The van der Waals surface area contributed by atoms with Crippen LogP contribution in [0.4, 0.5) is 35.9 Å². The van der Waals surface area contributed by atoms with Gasteiger partial charge in [0.25, 0.3) is 0 Å². The van der Waals surface area contributed by atoms with Gasteiger partial charge in [0.05, 0.1) is 12.6 Å². The maximum atomic E-state index is 13.2. The molecule has 0 unspecified atom stereocenters. The van der Waals surface area contributed by atoms with Crippen molar-refractivity contribution >= 4 is 66.7 Å². The van der Waals surface area contributed by atoms with Crippen molar-refractivity contribution in [1.82, 2.24) is 35.0 Å². The van der Waals surface area contributed by atoms with Gasteiger partial charge >= 0.3 is 26.1 Å². The molecule has 0 saturated carbocycles. The van der Waals surface area contributed by atoms with E-state index in [1.807, 2.05) is 152 Å². The number of carboxylic acid groups (broad SMARTS) is 1. The van der Waals surface area contributed by atoms with E-state index in [2.05, 4.69) is 145 Å². The Kier molecular flexibility index (Phi) is 36.6. The zero-order valence-corrected chi connectivity index (χ0v) is 73.4. The van der Waals surface area contributed by atoms with Gasteiger partial charge in [0.2, 0.25) is 0 Å². The summed E-state index contributed by atoms with van der Waals surface area (Å²) in [6, 6.07) is 87.1. The number of pyridine rings is 4. The normalized spacial score (nSPS) is 11.6. The van der Waals surface area contributed by atoms with Gasteiger partial charge in [-0.15, -0.1) is 99.3 Å². The predicted octanol–water partition coefficient (Wildman–Crippen LogP) is 20.7. The Labute approximate surface area is 735 Å². The van der Waals surface area contributed by atoms with Crippen molar-refractivity contribution in [3.05, 3.63) is 394 Å². The third kappa shape index (κ3) is 28.4. The quantitative estimate of drug-likeness (QED) is 0.0796. The van der Waals surface area contributed by atoms with E-state index in [-0.39, 0.29) is 159 Å². The van der Waals surface area contributed by atoms with Crippen molar-refractivity contribution in [3.63, 3.8) is 0 Å². The summed E-state index contributed by atoms with van der Waals surface area (Å²) in [5, 5.41) is 27.6. The van der Waals surface area contributed by atoms with Crippen LogP contribution in [-0.2, 0) is 105 Å². The summed E-state index contributed by atoms with van der Waals surface area (Å²) in [4.78, 5) is 45.6. The molecule has 0 spiro atoms. The molecule has 0 atom stereocenters. The number of anilines is 4. The number of aromatic nitrogens is 6. The number of allylic oxidation sites excluding steroid dienone is 2. The van der Waals surface area contributed by atoms with Crippen molar-refractivity contribution in [1.29, 1.82) is 0 Å². The van der Waals surface area contributed by atoms with Gasteiger partial charge in [-0.25, -0.2) is 15.3 Å². The number of ketones is 1.